The maximum absolute atomic E-state index is 8.82. The van der Waals surface area contributed by atoms with Gasteiger partial charge in [0.25, 0.3) is 0 Å². The van der Waals surface area contributed by atoms with Crippen molar-refractivity contribution in [1.29, 1.82) is 0 Å². The molecular weight excluding hydrogens is 228 g/mol. The summed E-state index contributed by atoms with van der Waals surface area (Å²) in [5.41, 5.74) is 0.631. The topological polar surface area (TPSA) is 55.2 Å². The molecule has 0 aliphatic rings. The summed E-state index contributed by atoms with van der Waals surface area (Å²) in [5.74, 6) is 0.501. The summed E-state index contributed by atoms with van der Waals surface area (Å²) in [6.07, 6.45) is 3.00. The van der Waals surface area contributed by atoms with Gasteiger partial charge in [-0.25, -0.2) is 9.97 Å². The largest absolute Gasteiger partial charge is 0.423 e. The zero-order valence-electron chi connectivity index (χ0n) is 8.30. The van der Waals surface area contributed by atoms with Crippen LogP contribution in [0.1, 0.15) is 5.56 Å². The minimum absolute atomic E-state index is 0.0909. The lowest BCUT2D eigenvalue weighted by atomic mass is 10.3. The summed E-state index contributed by atoms with van der Waals surface area (Å²) in [5, 5.41) is 9.32. The van der Waals surface area contributed by atoms with Gasteiger partial charge < -0.3 is 9.84 Å². The minimum atomic E-state index is -0.0909. The van der Waals surface area contributed by atoms with E-state index >= 15 is 0 Å². The molecule has 0 spiro atoms. The van der Waals surface area contributed by atoms with Gasteiger partial charge in [-0.1, -0.05) is 23.7 Å². The maximum Gasteiger partial charge on any atom is 0.321 e. The van der Waals surface area contributed by atoms with E-state index in [2.05, 4.69) is 9.97 Å². The highest BCUT2D eigenvalue weighted by Crippen LogP contribution is 2.26. The van der Waals surface area contributed by atoms with Crippen molar-refractivity contribution in [2.45, 2.75) is 6.61 Å². The van der Waals surface area contributed by atoms with Crippen LogP contribution in [-0.4, -0.2) is 15.1 Å². The van der Waals surface area contributed by atoms with Crippen LogP contribution in [0, 0.1) is 0 Å². The third kappa shape index (κ3) is 2.48. The summed E-state index contributed by atoms with van der Waals surface area (Å²) in [4.78, 5) is 7.87. The number of halogens is 1. The van der Waals surface area contributed by atoms with E-state index in [-0.39, 0.29) is 12.6 Å². The van der Waals surface area contributed by atoms with E-state index in [0.717, 1.165) is 0 Å². The van der Waals surface area contributed by atoms with Gasteiger partial charge in [-0.2, -0.15) is 0 Å². The maximum atomic E-state index is 8.82. The predicted molar refractivity (Wildman–Crippen MR) is 59.5 cm³/mol. The standard InChI is InChI=1S/C11H9ClN2O2/c12-9-3-1-2-4-10(9)16-11-13-5-8(7-15)6-14-11/h1-6,15H,7H2. The first-order valence-corrected chi connectivity index (χ1v) is 5.01. The van der Waals surface area contributed by atoms with Crippen LogP contribution >= 0.6 is 11.6 Å². The number of aliphatic hydroxyl groups is 1. The Balaban J connectivity index is 2.18. The van der Waals surface area contributed by atoms with Crippen molar-refractivity contribution in [3.8, 4) is 11.8 Å². The van der Waals surface area contributed by atoms with Gasteiger partial charge in [0.1, 0.15) is 5.75 Å². The number of aliphatic hydroxyl groups excluding tert-OH is 1. The van der Waals surface area contributed by atoms with Gasteiger partial charge >= 0.3 is 6.01 Å². The monoisotopic (exact) mass is 236 g/mol. The number of ether oxygens (including phenoxy) is 1. The lowest BCUT2D eigenvalue weighted by molar-refractivity contribution is 0.280. The first-order chi connectivity index (χ1) is 7.79. The number of nitrogens with zero attached hydrogens (tertiary/aromatic N) is 2. The van der Waals surface area contributed by atoms with Gasteiger partial charge in [0.15, 0.2) is 0 Å². The van der Waals surface area contributed by atoms with Crippen LogP contribution in [0.3, 0.4) is 0 Å². The van der Waals surface area contributed by atoms with Crippen molar-refractivity contribution in [3.63, 3.8) is 0 Å². The predicted octanol–water partition coefficient (Wildman–Crippen LogP) is 2.41. The molecule has 16 heavy (non-hydrogen) atoms. The molecule has 0 amide bonds. The molecule has 0 bridgehead atoms. The molecule has 0 unspecified atom stereocenters. The average Bonchev–Trinajstić information content (AvgIpc) is 2.33. The molecule has 0 saturated heterocycles. The number of aromatic nitrogens is 2. The number of hydrogen-bond donors (Lipinski definition) is 1. The second-order valence-electron chi connectivity index (χ2n) is 3.06. The van der Waals surface area contributed by atoms with Gasteiger partial charge in [0.05, 0.1) is 11.6 Å². The molecule has 0 saturated carbocycles. The molecule has 82 valence electrons. The average molecular weight is 237 g/mol. The normalized spacial score (nSPS) is 10.1. The van der Waals surface area contributed by atoms with E-state index in [0.29, 0.717) is 16.3 Å². The summed E-state index contributed by atoms with van der Waals surface area (Å²) >= 11 is 5.91. The highest BCUT2D eigenvalue weighted by Gasteiger charge is 2.03. The lowest BCUT2D eigenvalue weighted by Gasteiger charge is -2.05. The highest BCUT2D eigenvalue weighted by molar-refractivity contribution is 6.32. The molecule has 1 N–H and O–H groups in total. The molecule has 1 aromatic carbocycles. The molecule has 2 rings (SSSR count). The van der Waals surface area contributed by atoms with Crippen molar-refractivity contribution in [3.05, 3.63) is 47.2 Å². The first kappa shape index (κ1) is 10.9. The number of benzene rings is 1. The number of hydrogen-bond acceptors (Lipinski definition) is 4. The van der Waals surface area contributed by atoms with E-state index in [9.17, 15) is 0 Å². The van der Waals surface area contributed by atoms with Gasteiger partial charge in [0.2, 0.25) is 0 Å². The Labute approximate surface area is 97.5 Å². The molecule has 2 aromatic rings. The Morgan fingerprint density at radius 2 is 1.88 bits per heavy atom. The van der Waals surface area contributed by atoms with E-state index in [1.807, 2.05) is 12.1 Å². The zero-order chi connectivity index (χ0) is 11.4. The summed E-state index contributed by atoms with van der Waals surface area (Å²) in [7, 11) is 0. The molecular formula is C11H9ClN2O2. The molecule has 0 atom stereocenters. The molecule has 0 aliphatic heterocycles. The van der Waals surface area contributed by atoms with Crippen molar-refractivity contribution in [1.82, 2.24) is 9.97 Å². The Morgan fingerprint density at radius 1 is 1.19 bits per heavy atom. The quantitative estimate of drug-likeness (QED) is 0.889. The second-order valence-corrected chi connectivity index (χ2v) is 3.47. The third-order valence-electron chi connectivity index (χ3n) is 1.90. The van der Waals surface area contributed by atoms with Gasteiger partial charge in [-0.3, -0.25) is 0 Å². The van der Waals surface area contributed by atoms with Crippen LogP contribution < -0.4 is 4.74 Å². The fourth-order valence-electron chi connectivity index (χ4n) is 1.10. The van der Waals surface area contributed by atoms with Gasteiger partial charge in [0, 0.05) is 18.0 Å². The van der Waals surface area contributed by atoms with Crippen LogP contribution in [0.4, 0.5) is 0 Å². The lowest BCUT2D eigenvalue weighted by Crippen LogP contribution is -1.94. The smallest absolute Gasteiger partial charge is 0.321 e. The summed E-state index contributed by atoms with van der Waals surface area (Å²) in [6, 6.07) is 7.27. The minimum Gasteiger partial charge on any atom is -0.423 e. The zero-order valence-corrected chi connectivity index (χ0v) is 9.05. The molecule has 4 nitrogen and oxygen atoms in total. The van der Waals surface area contributed by atoms with Gasteiger partial charge in [-0.15, -0.1) is 0 Å². The van der Waals surface area contributed by atoms with Crippen molar-refractivity contribution in [2.75, 3.05) is 0 Å². The SMILES string of the molecule is OCc1cnc(Oc2ccccc2Cl)nc1. The van der Waals surface area contributed by atoms with Crippen LogP contribution in [0.2, 0.25) is 5.02 Å². The van der Waals surface area contributed by atoms with Crippen molar-refractivity contribution < 1.29 is 9.84 Å². The number of para-hydroxylation sites is 1. The summed E-state index contributed by atoms with van der Waals surface area (Å²) < 4.78 is 5.37. The number of rotatable bonds is 3. The van der Waals surface area contributed by atoms with Crippen LogP contribution in [-0.2, 0) is 6.61 Å². The fourth-order valence-corrected chi connectivity index (χ4v) is 1.28. The summed E-state index contributed by atoms with van der Waals surface area (Å²) in [6.45, 7) is -0.0909. The Hall–Kier alpha value is -1.65. The van der Waals surface area contributed by atoms with E-state index in [4.69, 9.17) is 21.4 Å². The van der Waals surface area contributed by atoms with Crippen molar-refractivity contribution >= 4 is 11.6 Å². The molecule has 0 radical (unpaired) electrons. The Morgan fingerprint density at radius 3 is 2.50 bits per heavy atom. The van der Waals surface area contributed by atoms with Crippen LogP contribution in [0.5, 0.6) is 11.8 Å². The molecule has 0 aliphatic carbocycles. The Kier molecular flexibility index (Phi) is 3.34. The molecule has 1 aromatic heterocycles. The third-order valence-corrected chi connectivity index (χ3v) is 2.21. The van der Waals surface area contributed by atoms with Gasteiger partial charge in [-0.05, 0) is 12.1 Å². The molecule has 0 fully saturated rings. The highest BCUT2D eigenvalue weighted by atomic mass is 35.5. The van der Waals surface area contributed by atoms with E-state index in [1.165, 1.54) is 12.4 Å². The van der Waals surface area contributed by atoms with E-state index < -0.39 is 0 Å². The van der Waals surface area contributed by atoms with Crippen LogP contribution in [0.15, 0.2) is 36.7 Å². The first-order valence-electron chi connectivity index (χ1n) is 4.64. The molecule has 1 heterocycles. The Bertz CT molecular complexity index is 474. The fraction of sp³-hybridized carbons (Fsp3) is 0.0909. The van der Waals surface area contributed by atoms with Crippen LogP contribution in [0.25, 0.3) is 0 Å². The second kappa shape index (κ2) is 4.92. The van der Waals surface area contributed by atoms with Crippen molar-refractivity contribution in [2.24, 2.45) is 0 Å². The van der Waals surface area contributed by atoms with E-state index in [1.54, 1.807) is 12.1 Å². The molecule has 5 heteroatoms.